The zero-order valence-corrected chi connectivity index (χ0v) is 15.5. The molecule has 2 heterocycles. The van der Waals surface area contributed by atoms with Gasteiger partial charge in [-0.25, -0.2) is 9.78 Å². The Morgan fingerprint density at radius 2 is 2.08 bits per heavy atom. The molecule has 0 radical (unpaired) electrons. The SMILES string of the molecule is CCCc1cc(-c2nc(CC(=O)N[C@@H](C(=O)O)C(C)C)cs2)ccn1. The maximum atomic E-state index is 12.1. The lowest BCUT2D eigenvalue weighted by atomic mass is 10.0. The normalized spacial score (nSPS) is 12.2. The van der Waals surface area contributed by atoms with Crippen molar-refractivity contribution in [2.24, 2.45) is 5.92 Å². The van der Waals surface area contributed by atoms with Gasteiger partial charge < -0.3 is 10.4 Å². The van der Waals surface area contributed by atoms with Gasteiger partial charge in [0, 0.05) is 22.8 Å². The molecule has 1 amide bonds. The molecule has 0 bridgehead atoms. The fourth-order valence-electron chi connectivity index (χ4n) is 2.43. The lowest BCUT2D eigenvalue weighted by molar-refractivity contribution is -0.143. The smallest absolute Gasteiger partial charge is 0.326 e. The average molecular weight is 361 g/mol. The molecule has 0 aliphatic heterocycles. The highest BCUT2D eigenvalue weighted by Gasteiger charge is 2.23. The first-order valence-electron chi connectivity index (χ1n) is 8.32. The van der Waals surface area contributed by atoms with Crippen LogP contribution in [-0.2, 0) is 22.4 Å². The predicted molar refractivity (Wildman–Crippen MR) is 97.4 cm³/mol. The third-order valence-corrected chi connectivity index (χ3v) is 4.65. The van der Waals surface area contributed by atoms with Crippen molar-refractivity contribution in [1.29, 1.82) is 0 Å². The molecule has 2 aromatic rings. The Balaban J connectivity index is 2.05. The van der Waals surface area contributed by atoms with Crippen LogP contribution in [-0.4, -0.2) is 33.0 Å². The van der Waals surface area contributed by atoms with E-state index in [0.717, 1.165) is 29.1 Å². The number of rotatable bonds is 8. The fourth-order valence-corrected chi connectivity index (χ4v) is 3.24. The van der Waals surface area contributed by atoms with E-state index in [0.29, 0.717) is 5.69 Å². The third-order valence-electron chi connectivity index (χ3n) is 3.71. The number of aromatic nitrogens is 2. The van der Waals surface area contributed by atoms with Gasteiger partial charge in [-0.2, -0.15) is 0 Å². The summed E-state index contributed by atoms with van der Waals surface area (Å²) in [4.78, 5) is 32.1. The summed E-state index contributed by atoms with van der Waals surface area (Å²) in [7, 11) is 0. The number of hydrogen-bond donors (Lipinski definition) is 2. The highest BCUT2D eigenvalue weighted by Crippen LogP contribution is 2.24. The van der Waals surface area contributed by atoms with Crippen molar-refractivity contribution in [3.63, 3.8) is 0 Å². The summed E-state index contributed by atoms with van der Waals surface area (Å²) in [6.07, 6.45) is 3.79. The molecule has 7 heteroatoms. The highest BCUT2D eigenvalue weighted by molar-refractivity contribution is 7.13. The van der Waals surface area contributed by atoms with Crippen LogP contribution in [0, 0.1) is 5.92 Å². The Kier molecular flexibility index (Phi) is 6.64. The van der Waals surface area contributed by atoms with Gasteiger partial charge in [-0.15, -0.1) is 11.3 Å². The van der Waals surface area contributed by atoms with Crippen LogP contribution in [0.3, 0.4) is 0 Å². The van der Waals surface area contributed by atoms with E-state index < -0.39 is 12.0 Å². The zero-order chi connectivity index (χ0) is 18.4. The molecular weight excluding hydrogens is 338 g/mol. The van der Waals surface area contributed by atoms with Crippen LogP contribution in [0.1, 0.15) is 38.6 Å². The molecule has 0 aliphatic rings. The van der Waals surface area contributed by atoms with Gasteiger partial charge in [0.25, 0.3) is 0 Å². The predicted octanol–water partition coefficient (Wildman–Crippen LogP) is 2.93. The van der Waals surface area contributed by atoms with Gasteiger partial charge in [-0.3, -0.25) is 9.78 Å². The molecule has 1 atom stereocenters. The van der Waals surface area contributed by atoms with Crippen LogP contribution in [0.25, 0.3) is 10.6 Å². The minimum atomic E-state index is -1.03. The van der Waals surface area contributed by atoms with Crippen LogP contribution < -0.4 is 5.32 Å². The van der Waals surface area contributed by atoms with Gasteiger partial charge >= 0.3 is 5.97 Å². The van der Waals surface area contributed by atoms with Crippen molar-refractivity contribution in [3.8, 4) is 10.6 Å². The number of carbonyl (C=O) groups is 2. The lowest BCUT2D eigenvalue weighted by Gasteiger charge is -2.17. The molecule has 0 aliphatic carbocycles. The molecule has 0 unspecified atom stereocenters. The average Bonchev–Trinajstić information content (AvgIpc) is 3.01. The van der Waals surface area contributed by atoms with Crippen molar-refractivity contribution in [3.05, 3.63) is 35.1 Å². The molecule has 6 nitrogen and oxygen atoms in total. The minimum Gasteiger partial charge on any atom is -0.480 e. The van der Waals surface area contributed by atoms with Gasteiger partial charge in [0.2, 0.25) is 5.91 Å². The van der Waals surface area contributed by atoms with E-state index >= 15 is 0 Å². The molecular formula is C18H23N3O3S. The van der Waals surface area contributed by atoms with Crippen LogP contribution in [0.2, 0.25) is 0 Å². The van der Waals surface area contributed by atoms with E-state index in [2.05, 4.69) is 22.2 Å². The Hall–Kier alpha value is -2.28. The van der Waals surface area contributed by atoms with Crippen molar-refractivity contribution in [2.75, 3.05) is 0 Å². The topological polar surface area (TPSA) is 92.2 Å². The van der Waals surface area contributed by atoms with Gasteiger partial charge in [-0.05, 0) is 24.5 Å². The van der Waals surface area contributed by atoms with Gasteiger partial charge in [0.15, 0.2) is 0 Å². The number of carboxylic acid groups (broad SMARTS) is 1. The number of pyridine rings is 1. The molecule has 134 valence electrons. The fraction of sp³-hybridized carbons (Fsp3) is 0.444. The summed E-state index contributed by atoms with van der Waals surface area (Å²) >= 11 is 1.47. The van der Waals surface area contributed by atoms with Gasteiger partial charge in [0.05, 0.1) is 12.1 Å². The van der Waals surface area contributed by atoms with Crippen molar-refractivity contribution < 1.29 is 14.7 Å². The lowest BCUT2D eigenvalue weighted by Crippen LogP contribution is -2.44. The standard InChI is InChI=1S/C18H23N3O3S/c1-4-5-13-8-12(6-7-19-13)17-20-14(10-25-17)9-15(22)21-16(11(2)3)18(23)24/h6-8,10-11,16H,4-5,9H2,1-3H3,(H,21,22)(H,23,24)/t16-/m1/s1. The van der Waals surface area contributed by atoms with E-state index in [9.17, 15) is 9.59 Å². The van der Waals surface area contributed by atoms with Crippen LogP contribution in [0.4, 0.5) is 0 Å². The summed E-state index contributed by atoms with van der Waals surface area (Å²) in [6, 6.07) is 3.04. The quantitative estimate of drug-likeness (QED) is 0.754. The number of thiazole rings is 1. The Morgan fingerprint density at radius 1 is 1.32 bits per heavy atom. The summed E-state index contributed by atoms with van der Waals surface area (Å²) < 4.78 is 0. The van der Waals surface area contributed by atoms with Crippen LogP contribution >= 0.6 is 11.3 Å². The van der Waals surface area contributed by atoms with E-state index in [1.54, 1.807) is 20.0 Å². The first-order chi connectivity index (χ1) is 11.9. The third kappa shape index (κ3) is 5.35. The molecule has 0 saturated carbocycles. The summed E-state index contributed by atoms with van der Waals surface area (Å²) in [5.41, 5.74) is 2.65. The molecule has 2 rings (SSSR count). The van der Waals surface area contributed by atoms with E-state index in [4.69, 9.17) is 5.11 Å². The van der Waals surface area contributed by atoms with Crippen LogP contribution in [0.5, 0.6) is 0 Å². The molecule has 0 fully saturated rings. The second-order valence-corrected chi connectivity index (χ2v) is 7.09. The number of hydrogen-bond acceptors (Lipinski definition) is 5. The number of carbonyl (C=O) groups excluding carboxylic acids is 1. The first kappa shape index (κ1) is 19.1. The maximum Gasteiger partial charge on any atom is 0.326 e. The van der Waals surface area contributed by atoms with Crippen molar-refractivity contribution in [2.45, 2.75) is 46.1 Å². The molecule has 2 aromatic heterocycles. The minimum absolute atomic E-state index is 0.0693. The van der Waals surface area contributed by atoms with E-state index in [-0.39, 0.29) is 18.2 Å². The Labute approximate surface area is 151 Å². The molecule has 0 saturated heterocycles. The molecule has 0 spiro atoms. The Bertz CT molecular complexity index is 743. The number of nitrogens with one attached hydrogen (secondary N) is 1. The maximum absolute atomic E-state index is 12.1. The number of nitrogens with zero attached hydrogens (tertiary/aromatic N) is 2. The molecule has 0 aromatic carbocycles. The van der Waals surface area contributed by atoms with Crippen LogP contribution in [0.15, 0.2) is 23.7 Å². The summed E-state index contributed by atoms with van der Waals surface area (Å²) in [6.45, 7) is 5.63. The molecule has 2 N–H and O–H groups in total. The van der Waals surface area contributed by atoms with E-state index in [1.165, 1.54) is 11.3 Å². The highest BCUT2D eigenvalue weighted by atomic mass is 32.1. The Morgan fingerprint density at radius 3 is 2.72 bits per heavy atom. The largest absolute Gasteiger partial charge is 0.480 e. The zero-order valence-electron chi connectivity index (χ0n) is 14.7. The summed E-state index contributed by atoms with van der Waals surface area (Å²) in [5.74, 6) is -1.54. The van der Waals surface area contributed by atoms with E-state index in [1.807, 2.05) is 17.5 Å². The number of amides is 1. The van der Waals surface area contributed by atoms with Crippen molar-refractivity contribution >= 4 is 23.2 Å². The second kappa shape index (κ2) is 8.71. The number of carboxylic acids is 1. The molecule has 25 heavy (non-hydrogen) atoms. The van der Waals surface area contributed by atoms with Gasteiger partial charge in [0.1, 0.15) is 11.0 Å². The monoisotopic (exact) mass is 361 g/mol. The number of aryl methyl sites for hydroxylation is 1. The number of aliphatic carboxylic acids is 1. The van der Waals surface area contributed by atoms with Gasteiger partial charge in [-0.1, -0.05) is 27.2 Å². The second-order valence-electron chi connectivity index (χ2n) is 6.23. The summed E-state index contributed by atoms with van der Waals surface area (Å²) in [5, 5.41) is 14.4. The first-order valence-corrected chi connectivity index (χ1v) is 9.20. The van der Waals surface area contributed by atoms with Crippen molar-refractivity contribution in [1.82, 2.24) is 15.3 Å².